The quantitative estimate of drug-likeness (QED) is 0.623. The van der Waals surface area contributed by atoms with Crippen LogP contribution in [0.5, 0.6) is 0 Å². The van der Waals surface area contributed by atoms with Gasteiger partial charge in [-0.3, -0.25) is 9.59 Å². The number of carbonyl (C=O) groups is 2. The van der Waals surface area contributed by atoms with Gasteiger partial charge in [-0.05, 0) is 59.0 Å². The van der Waals surface area contributed by atoms with Gasteiger partial charge in [0.25, 0.3) is 0 Å². The van der Waals surface area contributed by atoms with E-state index in [1.165, 1.54) is 0 Å². The van der Waals surface area contributed by atoms with Crippen LogP contribution in [0.15, 0.2) is 36.4 Å². The third kappa shape index (κ3) is 2.34. The van der Waals surface area contributed by atoms with Crippen LogP contribution in [0.25, 0.3) is 0 Å². The van der Waals surface area contributed by atoms with E-state index in [9.17, 15) is 14.7 Å². The fourth-order valence-electron chi connectivity index (χ4n) is 3.31. The first-order valence-electron chi connectivity index (χ1n) is 6.54. The lowest BCUT2D eigenvalue weighted by molar-refractivity contribution is -0.146. The molecule has 2 bridgehead atoms. The maximum absolute atomic E-state index is 12.4. The van der Waals surface area contributed by atoms with Crippen molar-refractivity contribution in [2.45, 2.75) is 6.42 Å². The van der Waals surface area contributed by atoms with Crippen molar-refractivity contribution in [3.8, 4) is 0 Å². The number of amides is 1. The first kappa shape index (κ1) is 13.6. The van der Waals surface area contributed by atoms with Gasteiger partial charge in [0, 0.05) is 9.26 Å². The van der Waals surface area contributed by atoms with Crippen LogP contribution in [-0.4, -0.2) is 17.0 Å². The predicted octanol–water partition coefficient (Wildman–Crippen LogP) is 2.75. The van der Waals surface area contributed by atoms with Crippen molar-refractivity contribution in [1.29, 1.82) is 0 Å². The van der Waals surface area contributed by atoms with Crippen LogP contribution in [0.4, 0.5) is 5.69 Å². The number of carboxylic acids is 1. The first-order chi connectivity index (χ1) is 9.56. The molecule has 20 heavy (non-hydrogen) atoms. The van der Waals surface area contributed by atoms with E-state index < -0.39 is 17.8 Å². The highest BCUT2D eigenvalue weighted by atomic mass is 127. The van der Waals surface area contributed by atoms with Crippen LogP contribution in [0.3, 0.4) is 0 Å². The van der Waals surface area contributed by atoms with Crippen LogP contribution in [0, 0.1) is 27.2 Å². The van der Waals surface area contributed by atoms with E-state index in [-0.39, 0.29) is 17.7 Å². The van der Waals surface area contributed by atoms with Crippen molar-refractivity contribution in [2.75, 3.05) is 5.32 Å². The minimum absolute atomic E-state index is 0.00385. The molecule has 2 aliphatic rings. The molecule has 2 aliphatic carbocycles. The highest BCUT2D eigenvalue weighted by Gasteiger charge is 2.51. The molecule has 1 aromatic rings. The number of hydrogen-bond donors (Lipinski definition) is 2. The summed E-state index contributed by atoms with van der Waals surface area (Å²) in [6.07, 6.45) is 4.71. The van der Waals surface area contributed by atoms with Gasteiger partial charge in [0.05, 0.1) is 11.8 Å². The van der Waals surface area contributed by atoms with Gasteiger partial charge < -0.3 is 10.4 Å². The molecule has 5 heteroatoms. The molecular weight excluding hydrogens is 369 g/mol. The maximum Gasteiger partial charge on any atom is 0.307 e. The number of fused-ring (bicyclic) bond motifs is 2. The topological polar surface area (TPSA) is 66.4 Å². The maximum atomic E-state index is 12.4. The Labute approximate surface area is 130 Å². The number of aliphatic carboxylic acids is 1. The highest BCUT2D eigenvalue weighted by molar-refractivity contribution is 14.1. The third-order valence-electron chi connectivity index (χ3n) is 4.14. The molecule has 1 fully saturated rings. The molecule has 1 amide bonds. The van der Waals surface area contributed by atoms with E-state index in [0.29, 0.717) is 0 Å². The number of hydrogen-bond acceptors (Lipinski definition) is 2. The van der Waals surface area contributed by atoms with Crippen molar-refractivity contribution < 1.29 is 14.7 Å². The molecule has 0 heterocycles. The van der Waals surface area contributed by atoms with Gasteiger partial charge >= 0.3 is 5.97 Å². The molecule has 1 saturated carbocycles. The van der Waals surface area contributed by atoms with Crippen LogP contribution in [0.1, 0.15) is 6.42 Å². The Morgan fingerprint density at radius 2 is 1.90 bits per heavy atom. The second-order valence-corrected chi connectivity index (χ2v) is 6.58. The van der Waals surface area contributed by atoms with Crippen LogP contribution >= 0.6 is 22.6 Å². The number of nitrogens with one attached hydrogen (secondary N) is 1. The zero-order chi connectivity index (χ0) is 14.3. The Morgan fingerprint density at radius 3 is 2.55 bits per heavy atom. The Kier molecular flexibility index (Phi) is 3.54. The lowest BCUT2D eigenvalue weighted by atomic mass is 9.82. The van der Waals surface area contributed by atoms with Gasteiger partial charge in [-0.15, -0.1) is 0 Å². The summed E-state index contributed by atoms with van der Waals surface area (Å²) in [4.78, 5) is 23.8. The summed E-state index contributed by atoms with van der Waals surface area (Å²) in [5.74, 6) is -2.04. The van der Waals surface area contributed by atoms with E-state index in [0.717, 1.165) is 15.7 Å². The van der Waals surface area contributed by atoms with Gasteiger partial charge in [0.2, 0.25) is 5.91 Å². The Bertz CT molecular complexity index is 599. The summed E-state index contributed by atoms with van der Waals surface area (Å²) in [6, 6.07) is 7.50. The minimum Gasteiger partial charge on any atom is -0.481 e. The summed E-state index contributed by atoms with van der Waals surface area (Å²) in [6.45, 7) is 0. The molecule has 4 atom stereocenters. The SMILES string of the molecule is O=C(O)[C@@H]1[C@H](C(=O)Nc2cccc(I)c2)[C@H]2C=C[C@H]1C2. The summed E-state index contributed by atoms with van der Waals surface area (Å²) < 4.78 is 1.03. The highest BCUT2D eigenvalue weighted by Crippen LogP contribution is 2.48. The van der Waals surface area contributed by atoms with Crippen LogP contribution in [0.2, 0.25) is 0 Å². The first-order valence-corrected chi connectivity index (χ1v) is 7.61. The van der Waals surface area contributed by atoms with E-state index in [2.05, 4.69) is 27.9 Å². The number of rotatable bonds is 3. The fourth-order valence-corrected chi connectivity index (χ4v) is 3.85. The van der Waals surface area contributed by atoms with E-state index in [1.807, 2.05) is 36.4 Å². The lowest BCUT2D eigenvalue weighted by Gasteiger charge is -2.23. The van der Waals surface area contributed by atoms with Gasteiger partial charge in [-0.2, -0.15) is 0 Å². The van der Waals surface area contributed by atoms with E-state index >= 15 is 0 Å². The second kappa shape index (κ2) is 5.20. The Morgan fingerprint density at radius 1 is 1.20 bits per heavy atom. The largest absolute Gasteiger partial charge is 0.481 e. The smallest absolute Gasteiger partial charge is 0.307 e. The zero-order valence-electron chi connectivity index (χ0n) is 10.6. The normalized spacial score (nSPS) is 30.4. The number of carboxylic acid groups (broad SMARTS) is 1. The molecule has 0 aliphatic heterocycles. The second-order valence-electron chi connectivity index (χ2n) is 5.34. The van der Waals surface area contributed by atoms with Gasteiger partial charge in [0.15, 0.2) is 0 Å². The Balaban J connectivity index is 1.80. The lowest BCUT2D eigenvalue weighted by Crippen LogP contribution is -2.36. The number of halogens is 1. The molecule has 4 nitrogen and oxygen atoms in total. The number of allylic oxidation sites excluding steroid dienone is 2. The van der Waals surface area contributed by atoms with Crippen molar-refractivity contribution >= 4 is 40.2 Å². The number of carbonyl (C=O) groups excluding carboxylic acids is 1. The van der Waals surface area contributed by atoms with E-state index in [4.69, 9.17) is 0 Å². The summed E-state index contributed by atoms with van der Waals surface area (Å²) >= 11 is 2.18. The number of benzene rings is 1. The monoisotopic (exact) mass is 383 g/mol. The molecule has 3 rings (SSSR count). The average Bonchev–Trinajstić information content (AvgIpc) is 2.98. The zero-order valence-corrected chi connectivity index (χ0v) is 12.8. The molecule has 1 aromatic carbocycles. The minimum atomic E-state index is -0.871. The van der Waals surface area contributed by atoms with Crippen LogP contribution < -0.4 is 5.32 Å². The van der Waals surface area contributed by atoms with Gasteiger partial charge in [-0.25, -0.2) is 0 Å². The fraction of sp³-hybridized carbons (Fsp3) is 0.333. The number of anilines is 1. The summed E-state index contributed by atoms with van der Waals surface area (Å²) in [5.41, 5.74) is 0.720. The molecule has 0 aromatic heterocycles. The van der Waals surface area contributed by atoms with Crippen molar-refractivity contribution in [3.05, 3.63) is 40.0 Å². The van der Waals surface area contributed by atoms with Gasteiger partial charge in [0.1, 0.15) is 0 Å². The van der Waals surface area contributed by atoms with Gasteiger partial charge in [-0.1, -0.05) is 18.2 Å². The molecule has 2 N–H and O–H groups in total. The van der Waals surface area contributed by atoms with Crippen molar-refractivity contribution in [1.82, 2.24) is 0 Å². The van der Waals surface area contributed by atoms with E-state index in [1.54, 1.807) is 0 Å². The standard InChI is InChI=1S/C15H14INO3/c16-10-2-1-3-11(7-10)17-14(18)12-8-4-5-9(6-8)13(12)15(19)20/h1-5,7-9,12-13H,6H2,(H,17,18)(H,19,20)/t8-,9-,12+,13-/m0/s1. The molecule has 104 valence electrons. The summed E-state index contributed by atoms with van der Waals surface area (Å²) in [5, 5.41) is 12.2. The molecule has 0 spiro atoms. The molecular formula is C15H14INO3. The average molecular weight is 383 g/mol. The van der Waals surface area contributed by atoms with Crippen molar-refractivity contribution in [2.24, 2.45) is 23.7 Å². The third-order valence-corrected chi connectivity index (χ3v) is 4.81. The Hall–Kier alpha value is -1.37. The van der Waals surface area contributed by atoms with Crippen molar-refractivity contribution in [3.63, 3.8) is 0 Å². The molecule has 0 radical (unpaired) electrons. The molecule has 0 saturated heterocycles. The summed E-state index contributed by atoms with van der Waals surface area (Å²) in [7, 11) is 0. The predicted molar refractivity (Wildman–Crippen MR) is 83.1 cm³/mol. The molecule has 0 unspecified atom stereocenters. The van der Waals surface area contributed by atoms with Crippen LogP contribution in [-0.2, 0) is 9.59 Å².